The first-order valence-corrected chi connectivity index (χ1v) is 9.62. The molecule has 1 aliphatic heterocycles. The van der Waals surface area contributed by atoms with Crippen molar-refractivity contribution in [3.05, 3.63) is 82.0 Å². The fourth-order valence-electron chi connectivity index (χ4n) is 2.88. The van der Waals surface area contributed by atoms with Crippen molar-refractivity contribution >= 4 is 64.1 Å². The number of para-hydroxylation sites is 1. The fourth-order valence-corrected chi connectivity index (χ4v) is 3.56. The first kappa shape index (κ1) is 19.4. The summed E-state index contributed by atoms with van der Waals surface area (Å²) in [7, 11) is 0. The molecule has 0 atom stereocenters. The van der Waals surface area contributed by atoms with Gasteiger partial charge in [-0.15, -0.1) is 0 Å². The van der Waals surface area contributed by atoms with Crippen LogP contribution in [-0.4, -0.2) is 16.9 Å². The van der Waals surface area contributed by atoms with Crippen molar-refractivity contribution in [2.24, 2.45) is 0 Å². The quantitative estimate of drug-likeness (QED) is 0.348. The van der Waals surface area contributed by atoms with Gasteiger partial charge in [0.2, 0.25) is 0 Å². The summed E-state index contributed by atoms with van der Waals surface area (Å²) in [5.74, 6) is -0.302. The highest BCUT2D eigenvalue weighted by Gasteiger charge is 2.35. The lowest BCUT2D eigenvalue weighted by Crippen LogP contribution is -2.54. The van der Waals surface area contributed by atoms with Gasteiger partial charge in [0.1, 0.15) is 17.1 Å². The summed E-state index contributed by atoms with van der Waals surface area (Å²) in [6, 6.07) is 17.3. The summed E-state index contributed by atoms with van der Waals surface area (Å²) >= 11 is 17.4. The maximum absolute atomic E-state index is 13.0. The predicted octanol–water partition coefficient (Wildman–Crippen LogP) is 5.08. The van der Waals surface area contributed by atoms with Crippen molar-refractivity contribution in [2.75, 3.05) is 4.90 Å². The lowest BCUT2D eigenvalue weighted by Gasteiger charge is -2.29. The van der Waals surface area contributed by atoms with E-state index < -0.39 is 11.8 Å². The van der Waals surface area contributed by atoms with Crippen LogP contribution in [0.3, 0.4) is 0 Å². The van der Waals surface area contributed by atoms with Crippen LogP contribution in [0, 0.1) is 0 Å². The van der Waals surface area contributed by atoms with Gasteiger partial charge in [-0.2, -0.15) is 0 Å². The Labute approximate surface area is 181 Å². The second kappa shape index (κ2) is 7.83. The molecule has 2 aromatic carbocycles. The van der Waals surface area contributed by atoms with Crippen molar-refractivity contribution < 1.29 is 14.0 Å². The molecule has 4 rings (SSSR count). The number of amides is 2. The molecule has 1 N–H and O–H groups in total. The number of nitrogens with one attached hydrogen (secondary N) is 1. The summed E-state index contributed by atoms with van der Waals surface area (Å²) < 4.78 is 5.77. The van der Waals surface area contributed by atoms with Crippen molar-refractivity contribution in [1.82, 2.24) is 5.32 Å². The normalized spacial score (nSPS) is 15.7. The lowest BCUT2D eigenvalue weighted by atomic mass is 10.1. The Morgan fingerprint density at radius 1 is 1.00 bits per heavy atom. The van der Waals surface area contributed by atoms with Gasteiger partial charge in [-0.1, -0.05) is 47.5 Å². The molecule has 0 bridgehead atoms. The summed E-state index contributed by atoms with van der Waals surface area (Å²) in [6.45, 7) is 0. The monoisotopic (exact) mass is 442 g/mol. The number of thiocarbonyl (C=S) groups is 1. The van der Waals surface area contributed by atoms with Crippen molar-refractivity contribution in [3.8, 4) is 11.3 Å². The van der Waals surface area contributed by atoms with E-state index in [1.807, 2.05) is 6.07 Å². The smallest absolute Gasteiger partial charge is 0.270 e. The second-order valence-corrected chi connectivity index (χ2v) is 7.35. The topological polar surface area (TPSA) is 62.6 Å². The molecule has 3 aromatic rings. The molecule has 1 fully saturated rings. The molecule has 8 heteroatoms. The van der Waals surface area contributed by atoms with Crippen LogP contribution >= 0.6 is 35.4 Å². The van der Waals surface area contributed by atoms with Gasteiger partial charge in [0.15, 0.2) is 5.11 Å². The van der Waals surface area contributed by atoms with Crippen LogP contribution in [0.25, 0.3) is 17.4 Å². The standard InChI is InChI=1S/C21H12Cl2N2O3S/c22-13-5-3-4-12(10-13)18-9-8-14(28-18)11-15-19(26)24-21(29)25(20(15)27)17-7-2-1-6-16(17)23/h1-11H,(H,24,26,29)/b15-11+. The zero-order valence-corrected chi connectivity index (χ0v) is 17.0. The minimum Gasteiger partial charge on any atom is -0.457 e. The van der Waals surface area contributed by atoms with E-state index in [1.54, 1.807) is 54.6 Å². The van der Waals surface area contributed by atoms with Gasteiger partial charge in [0.05, 0.1) is 10.7 Å². The average molecular weight is 443 g/mol. The minimum absolute atomic E-state index is 0.0377. The number of halogens is 2. The molecule has 0 aliphatic carbocycles. The van der Waals surface area contributed by atoms with Crippen LogP contribution in [0.1, 0.15) is 5.76 Å². The van der Waals surface area contributed by atoms with E-state index >= 15 is 0 Å². The van der Waals surface area contributed by atoms with Crippen LogP contribution in [0.5, 0.6) is 0 Å². The Bertz CT molecular complexity index is 1190. The molecule has 1 aromatic heterocycles. The third-order valence-electron chi connectivity index (χ3n) is 4.22. The van der Waals surface area contributed by atoms with Crippen LogP contribution in [0.2, 0.25) is 10.0 Å². The Morgan fingerprint density at radius 3 is 2.55 bits per heavy atom. The zero-order valence-electron chi connectivity index (χ0n) is 14.7. The number of furan rings is 1. The molecule has 0 radical (unpaired) electrons. The van der Waals surface area contributed by atoms with Gasteiger partial charge < -0.3 is 4.42 Å². The van der Waals surface area contributed by atoms with E-state index in [0.717, 1.165) is 5.56 Å². The maximum Gasteiger partial charge on any atom is 0.270 e. The van der Waals surface area contributed by atoms with Crippen LogP contribution in [0.4, 0.5) is 5.69 Å². The number of hydrogen-bond acceptors (Lipinski definition) is 4. The Balaban J connectivity index is 1.70. The first-order chi connectivity index (χ1) is 13.9. The number of rotatable bonds is 3. The summed E-state index contributed by atoms with van der Waals surface area (Å²) in [4.78, 5) is 26.6. The number of anilines is 1. The molecular formula is C21H12Cl2N2O3S. The molecule has 1 aliphatic rings. The van der Waals surface area contributed by atoms with E-state index in [1.165, 1.54) is 11.0 Å². The SMILES string of the molecule is O=C1NC(=S)N(c2ccccc2Cl)C(=O)/C1=C/c1ccc(-c2cccc(Cl)c2)o1. The predicted molar refractivity (Wildman–Crippen MR) is 117 cm³/mol. The highest BCUT2D eigenvalue weighted by Crippen LogP contribution is 2.30. The van der Waals surface area contributed by atoms with E-state index in [4.69, 9.17) is 39.8 Å². The lowest BCUT2D eigenvalue weighted by molar-refractivity contribution is -0.122. The number of hydrogen-bond donors (Lipinski definition) is 1. The van der Waals surface area contributed by atoms with Gasteiger partial charge in [0.25, 0.3) is 11.8 Å². The molecule has 29 heavy (non-hydrogen) atoms. The number of carbonyl (C=O) groups excluding carboxylic acids is 2. The molecular weight excluding hydrogens is 431 g/mol. The summed E-state index contributed by atoms with van der Waals surface area (Å²) in [5, 5.41) is 3.38. The molecule has 0 saturated carbocycles. The summed E-state index contributed by atoms with van der Waals surface area (Å²) in [6.07, 6.45) is 1.37. The van der Waals surface area contributed by atoms with E-state index in [9.17, 15) is 9.59 Å². The third-order valence-corrected chi connectivity index (χ3v) is 5.06. The Kier molecular flexibility index (Phi) is 5.24. The van der Waals surface area contributed by atoms with E-state index in [2.05, 4.69) is 5.32 Å². The van der Waals surface area contributed by atoms with Crippen LogP contribution in [0.15, 0.2) is 70.7 Å². The van der Waals surface area contributed by atoms with Gasteiger partial charge in [0, 0.05) is 10.6 Å². The first-order valence-electron chi connectivity index (χ1n) is 8.46. The minimum atomic E-state index is -0.607. The van der Waals surface area contributed by atoms with Crippen LogP contribution in [-0.2, 0) is 9.59 Å². The van der Waals surface area contributed by atoms with Gasteiger partial charge in [-0.3, -0.25) is 19.8 Å². The van der Waals surface area contributed by atoms with Gasteiger partial charge >= 0.3 is 0 Å². The molecule has 1 saturated heterocycles. The van der Waals surface area contributed by atoms with Crippen molar-refractivity contribution in [2.45, 2.75) is 0 Å². The molecule has 2 heterocycles. The number of carbonyl (C=O) groups is 2. The van der Waals surface area contributed by atoms with Crippen molar-refractivity contribution in [3.63, 3.8) is 0 Å². The molecule has 144 valence electrons. The average Bonchev–Trinajstić information content (AvgIpc) is 3.15. The molecule has 0 spiro atoms. The maximum atomic E-state index is 13.0. The Hall–Kier alpha value is -2.93. The van der Waals surface area contributed by atoms with E-state index in [-0.39, 0.29) is 10.7 Å². The Morgan fingerprint density at radius 2 is 1.79 bits per heavy atom. The fraction of sp³-hybridized carbons (Fsp3) is 0. The molecule has 0 unspecified atom stereocenters. The summed E-state index contributed by atoms with van der Waals surface area (Å²) in [5.41, 5.74) is 1.04. The van der Waals surface area contributed by atoms with Crippen LogP contribution < -0.4 is 10.2 Å². The highest BCUT2D eigenvalue weighted by molar-refractivity contribution is 7.80. The zero-order chi connectivity index (χ0) is 20.5. The van der Waals surface area contributed by atoms with Crippen molar-refractivity contribution in [1.29, 1.82) is 0 Å². The van der Waals surface area contributed by atoms with Gasteiger partial charge in [-0.05, 0) is 54.7 Å². The van der Waals surface area contributed by atoms with E-state index in [0.29, 0.717) is 27.3 Å². The number of nitrogens with zero attached hydrogens (tertiary/aromatic N) is 1. The molecule has 2 amide bonds. The number of benzene rings is 2. The largest absolute Gasteiger partial charge is 0.457 e. The molecule has 5 nitrogen and oxygen atoms in total. The highest BCUT2D eigenvalue weighted by atomic mass is 35.5. The third kappa shape index (κ3) is 3.82. The second-order valence-electron chi connectivity index (χ2n) is 6.12. The van der Waals surface area contributed by atoms with Gasteiger partial charge in [-0.25, -0.2) is 0 Å².